The minimum absolute atomic E-state index is 0.0728. The number of rotatable bonds is 54. The van der Waals surface area contributed by atoms with Crippen molar-refractivity contribution in [3.8, 4) is 0 Å². The van der Waals surface area contributed by atoms with Crippen molar-refractivity contribution in [2.24, 2.45) is 0 Å². The molecule has 0 heterocycles. The van der Waals surface area contributed by atoms with Crippen molar-refractivity contribution in [3.63, 3.8) is 0 Å². The highest BCUT2D eigenvalue weighted by Crippen LogP contribution is 2.60. The molecule has 0 amide bonds. The van der Waals surface area contributed by atoms with Crippen LogP contribution < -0.4 is 0 Å². The molecule has 3 unspecified atom stereocenters. The quantitative estimate of drug-likeness (QED) is 0.0422. The van der Waals surface area contributed by atoms with Gasteiger partial charge in [-0.1, -0.05) is 338 Å². The first-order valence-corrected chi connectivity index (χ1v) is 31.5. The maximum Gasteiger partial charge on any atom is -0.0204 e. The van der Waals surface area contributed by atoms with Gasteiger partial charge in [-0.15, -0.1) is 0 Å². The van der Waals surface area contributed by atoms with Crippen molar-refractivity contribution >= 4 is 7.92 Å². The molecule has 0 nitrogen and oxygen atoms in total. The Kier molecular flexibility index (Phi) is 53.4. The third-order valence-corrected chi connectivity index (χ3v) is 18.9. The largest absolute Gasteiger partial charge is 0.0971 e. The molecule has 0 aromatic carbocycles. The molecule has 0 aromatic rings. The molecular formula is C60H123P. The predicted molar refractivity (Wildman–Crippen MR) is 288 cm³/mol. The second kappa shape index (κ2) is 53.0. The Morgan fingerprint density at radius 1 is 0.164 bits per heavy atom. The van der Waals surface area contributed by atoms with Crippen LogP contribution in [0.3, 0.4) is 0 Å². The smallest absolute Gasteiger partial charge is 0.0204 e. The van der Waals surface area contributed by atoms with Gasteiger partial charge >= 0.3 is 0 Å². The first-order chi connectivity index (χ1) is 30.2. The molecule has 0 saturated heterocycles. The maximum absolute atomic E-state index is 2.43. The predicted octanol–water partition coefficient (Wildman–Crippen LogP) is 23.6. The lowest BCUT2D eigenvalue weighted by molar-refractivity contribution is 0.500. The molecule has 0 bridgehead atoms. The molecule has 0 aromatic heterocycles. The van der Waals surface area contributed by atoms with E-state index >= 15 is 0 Å². The number of unbranched alkanes of at least 4 members (excludes halogenated alkanes) is 39. The van der Waals surface area contributed by atoms with Crippen molar-refractivity contribution < 1.29 is 0 Å². The summed E-state index contributed by atoms with van der Waals surface area (Å²) in [5, 5.41) is 0. The van der Waals surface area contributed by atoms with Crippen LogP contribution in [0.1, 0.15) is 369 Å². The minimum Gasteiger partial charge on any atom is -0.0971 e. The average molecular weight is 876 g/mol. The summed E-state index contributed by atoms with van der Waals surface area (Å²) >= 11 is 0. The van der Waals surface area contributed by atoms with Crippen LogP contribution in [-0.4, -0.2) is 17.0 Å². The van der Waals surface area contributed by atoms with Gasteiger partial charge in [0.1, 0.15) is 0 Å². The summed E-state index contributed by atoms with van der Waals surface area (Å²) in [4.78, 5) is 0. The number of hydrogen-bond acceptors (Lipinski definition) is 0. The highest BCUT2D eigenvalue weighted by atomic mass is 31.1. The minimum atomic E-state index is 0.0728. The Balaban J connectivity index is 5.98. The molecule has 0 saturated carbocycles. The van der Waals surface area contributed by atoms with E-state index in [1.165, 1.54) is 289 Å². The van der Waals surface area contributed by atoms with Gasteiger partial charge in [0.15, 0.2) is 0 Å². The standard InChI is InChI=1S/C60H123P/c1-7-13-19-25-28-31-34-37-40-43-49-55-58(52-46-22-16-10-4)61(59(53-47-23-17-11-5)56-50-44-41-38-35-32-29-26-20-14-8-2)60(54-48-24-18-12-6)57-51-45-42-39-36-33-30-27-21-15-9-3/h58-60H,7-57H2,1-6H3. The molecule has 61 heavy (non-hydrogen) atoms. The van der Waals surface area contributed by atoms with Gasteiger partial charge in [0, 0.05) is 0 Å². The fourth-order valence-corrected chi connectivity index (χ4v) is 15.4. The summed E-state index contributed by atoms with van der Waals surface area (Å²) in [6.07, 6.45) is 76.0. The molecule has 0 spiro atoms. The van der Waals surface area contributed by atoms with Crippen molar-refractivity contribution in [3.05, 3.63) is 0 Å². The van der Waals surface area contributed by atoms with Crippen LogP contribution >= 0.6 is 7.92 Å². The van der Waals surface area contributed by atoms with E-state index < -0.39 is 0 Å². The highest BCUT2D eigenvalue weighted by Gasteiger charge is 2.34. The van der Waals surface area contributed by atoms with Crippen LogP contribution in [0.15, 0.2) is 0 Å². The van der Waals surface area contributed by atoms with Crippen LogP contribution in [0, 0.1) is 0 Å². The van der Waals surface area contributed by atoms with Crippen molar-refractivity contribution in [2.45, 2.75) is 386 Å². The summed E-state index contributed by atoms with van der Waals surface area (Å²) in [7, 11) is 0.0728. The van der Waals surface area contributed by atoms with E-state index in [1.54, 1.807) is 38.5 Å². The Hall–Kier alpha value is 0.430. The van der Waals surface area contributed by atoms with E-state index in [1.807, 2.05) is 0 Å². The lowest BCUT2D eigenvalue weighted by Gasteiger charge is -2.41. The molecule has 1 heteroatoms. The van der Waals surface area contributed by atoms with Crippen molar-refractivity contribution in [2.75, 3.05) is 0 Å². The van der Waals surface area contributed by atoms with Gasteiger partial charge in [-0.25, -0.2) is 0 Å². The highest BCUT2D eigenvalue weighted by molar-refractivity contribution is 7.59. The van der Waals surface area contributed by atoms with Gasteiger partial charge < -0.3 is 0 Å². The summed E-state index contributed by atoms with van der Waals surface area (Å²) in [6.45, 7) is 14.3. The molecule has 0 aliphatic rings. The fourth-order valence-electron chi connectivity index (χ4n) is 10.8. The summed E-state index contributed by atoms with van der Waals surface area (Å²) < 4.78 is 0. The van der Waals surface area contributed by atoms with E-state index in [9.17, 15) is 0 Å². The molecule has 0 fully saturated rings. The van der Waals surface area contributed by atoms with Gasteiger partial charge in [0.2, 0.25) is 0 Å². The molecule has 0 N–H and O–H groups in total. The van der Waals surface area contributed by atoms with Crippen LogP contribution in [0.2, 0.25) is 0 Å². The monoisotopic (exact) mass is 875 g/mol. The maximum atomic E-state index is 2.43. The van der Waals surface area contributed by atoms with Gasteiger partial charge in [-0.2, -0.15) is 0 Å². The zero-order valence-corrected chi connectivity index (χ0v) is 45.1. The molecular weight excluding hydrogens is 752 g/mol. The van der Waals surface area contributed by atoms with Crippen LogP contribution in [0.4, 0.5) is 0 Å². The van der Waals surface area contributed by atoms with Gasteiger partial charge in [-0.3, -0.25) is 0 Å². The summed E-state index contributed by atoms with van der Waals surface area (Å²) in [5.41, 5.74) is 3.16. The van der Waals surface area contributed by atoms with Crippen LogP contribution in [0.5, 0.6) is 0 Å². The molecule has 0 aliphatic carbocycles. The Labute approximate surface area is 392 Å². The zero-order valence-electron chi connectivity index (χ0n) is 44.2. The summed E-state index contributed by atoms with van der Waals surface area (Å²) in [6, 6.07) is 0. The lowest BCUT2D eigenvalue weighted by Crippen LogP contribution is -2.25. The molecule has 368 valence electrons. The third kappa shape index (κ3) is 42.8. The van der Waals surface area contributed by atoms with Crippen molar-refractivity contribution in [1.82, 2.24) is 0 Å². The lowest BCUT2D eigenvalue weighted by atomic mass is 10.0. The van der Waals surface area contributed by atoms with E-state index in [0.717, 1.165) is 17.0 Å². The Morgan fingerprint density at radius 3 is 0.426 bits per heavy atom. The van der Waals surface area contributed by atoms with Gasteiger partial charge in [-0.05, 0) is 55.5 Å². The fraction of sp³-hybridized carbons (Fsp3) is 1.00. The van der Waals surface area contributed by atoms with Crippen LogP contribution in [-0.2, 0) is 0 Å². The Morgan fingerprint density at radius 2 is 0.279 bits per heavy atom. The SMILES string of the molecule is CCCCCCCCCCCCCC(CCCCCC)P(C(CCCCCC)CCCCCCCCCCCCC)C(CCCCCC)CCCCCCCCCCCCC. The first kappa shape index (κ1) is 61.4. The third-order valence-electron chi connectivity index (χ3n) is 14.9. The molecule has 0 aliphatic heterocycles. The molecule has 0 rings (SSSR count). The average Bonchev–Trinajstić information content (AvgIpc) is 3.27. The molecule has 3 atom stereocenters. The van der Waals surface area contributed by atoms with Gasteiger partial charge in [0.25, 0.3) is 0 Å². The van der Waals surface area contributed by atoms with Crippen molar-refractivity contribution in [1.29, 1.82) is 0 Å². The van der Waals surface area contributed by atoms with E-state index in [4.69, 9.17) is 0 Å². The first-order valence-electron chi connectivity index (χ1n) is 30.0. The van der Waals surface area contributed by atoms with E-state index in [2.05, 4.69) is 41.5 Å². The van der Waals surface area contributed by atoms with Crippen LogP contribution in [0.25, 0.3) is 0 Å². The zero-order chi connectivity index (χ0) is 44.4. The Bertz CT molecular complexity index is 661. The second-order valence-corrected chi connectivity index (χ2v) is 24.0. The van der Waals surface area contributed by atoms with E-state index in [0.29, 0.717) is 0 Å². The van der Waals surface area contributed by atoms with Gasteiger partial charge in [0.05, 0.1) is 0 Å². The molecule has 0 radical (unpaired) electrons. The topological polar surface area (TPSA) is 0 Å². The van der Waals surface area contributed by atoms with E-state index in [-0.39, 0.29) is 7.92 Å². The number of hydrogen-bond donors (Lipinski definition) is 0. The second-order valence-electron chi connectivity index (χ2n) is 20.9. The summed E-state index contributed by atoms with van der Waals surface area (Å²) in [5.74, 6) is 0. The normalized spacial score (nSPS) is 13.9.